The number of aromatic nitrogens is 1. The average molecular weight is 233 g/mol. The molecule has 0 N–H and O–H groups in total. The van der Waals surface area contributed by atoms with Crippen LogP contribution in [0.5, 0.6) is 5.88 Å². The molecule has 0 aliphatic rings. The van der Waals surface area contributed by atoms with Gasteiger partial charge in [0.1, 0.15) is 0 Å². The van der Waals surface area contributed by atoms with E-state index in [4.69, 9.17) is 4.74 Å². The Hall–Kier alpha value is -1.26. The summed E-state index contributed by atoms with van der Waals surface area (Å²) >= 11 is 0. The molecule has 1 rings (SSSR count). The number of ether oxygens (including phenoxy) is 1. The molecular weight excluding hydrogens is 219 g/mol. The predicted octanol–water partition coefficient (Wildman–Crippen LogP) is 3.67. The Morgan fingerprint density at radius 1 is 1.25 bits per heavy atom. The van der Waals surface area contributed by atoms with Gasteiger partial charge < -0.3 is 4.74 Å². The second-order valence-electron chi connectivity index (χ2n) is 3.44. The summed E-state index contributed by atoms with van der Waals surface area (Å²) in [7, 11) is 0. The highest BCUT2D eigenvalue weighted by atomic mass is 19.4. The van der Waals surface area contributed by atoms with E-state index in [9.17, 15) is 13.2 Å². The minimum Gasteiger partial charge on any atom is -0.474 e. The summed E-state index contributed by atoms with van der Waals surface area (Å²) < 4.78 is 42.1. The summed E-state index contributed by atoms with van der Waals surface area (Å²) in [6, 6.07) is 2.23. The molecule has 0 radical (unpaired) electrons. The zero-order valence-electron chi connectivity index (χ0n) is 9.21. The third kappa shape index (κ3) is 3.40. The van der Waals surface area contributed by atoms with Gasteiger partial charge in [0.2, 0.25) is 5.88 Å². The molecule has 16 heavy (non-hydrogen) atoms. The molecule has 0 saturated heterocycles. The maximum Gasteiger partial charge on any atom is 0.417 e. The summed E-state index contributed by atoms with van der Waals surface area (Å²) in [4.78, 5) is 3.64. The predicted molar refractivity (Wildman–Crippen MR) is 54.2 cm³/mol. The van der Waals surface area contributed by atoms with Crippen molar-refractivity contribution in [2.75, 3.05) is 0 Å². The van der Waals surface area contributed by atoms with Crippen LogP contribution in [0.4, 0.5) is 13.2 Å². The first-order valence-electron chi connectivity index (χ1n) is 5.17. The quantitative estimate of drug-likeness (QED) is 0.791. The van der Waals surface area contributed by atoms with Gasteiger partial charge >= 0.3 is 6.18 Å². The molecule has 0 amide bonds. The molecule has 0 fully saturated rings. The number of pyridine rings is 1. The van der Waals surface area contributed by atoms with E-state index in [-0.39, 0.29) is 12.0 Å². The fourth-order valence-electron chi connectivity index (χ4n) is 1.24. The molecule has 1 aromatic rings. The Morgan fingerprint density at radius 3 is 2.25 bits per heavy atom. The first-order valence-corrected chi connectivity index (χ1v) is 5.17. The Kier molecular flexibility index (Phi) is 4.15. The summed E-state index contributed by atoms with van der Waals surface area (Å²) in [6.07, 6.45) is -1.94. The molecule has 0 aromatic carbocycles. The first kappa shape index (κ1) is 12.8. The normalized spacial score (nSPS) is 11.9. The van der Waals surface area contributed by atoms with Gasteiger partial charge in [-0.05, 0) is 18.9 Å². The van der Waals surface area contributed by atoms with Crippen LogP contribution in [0, 0.1) is 0 Å². The molecule has 90 valence electrons. The van der Waals surface area contributed by atoms with Crippen LogP contribution in [0.1, 0.15) is 32.3 Å². The zero-order chi connectivity index (χ0) is 12.2. The first-order chi connectivity index (χ1) is 7.47. The standard InChI is InChI=1S/C11H14F3NO/c1-3-9(4-2)16-10-6-5-8(7-15-10)11(12,13)14/h5-7,9H,3-4H2,1-2H3. The van der Waals surface area contributed by atoms with Gasteiger partial charge in [-0.2, -0.15) is 13.2 Å². The molecule has 0 aliphatic heterocycles. The van der Waals surface area contributed by atoms with Crippen molar-refractivity contribution in [3.63, 3.8) is 0 Å². The van der Waals surface area contributed by atoms with Crippen molar-refractivity contribution in [1.29, 1.82) is 0 Å². The molecule has 5 heteroatoms. The fraction of sp³-hybridized carbons (Fsp3) is 0.545. The van der Waals surface area contributed by atoms with E-state index in [1.807, 2.05) is 13.8 Å². The van der Waals surface area contributed by atoms with Crippen molar-refractivity contribution in [2.45, 2.75) is 39.0 Å². The monoisotopic (exact) mass is 233 g/mol. The minimum atomic E-state index is -4.35. The number of hydrogen-bond donors (Lipinski definition) is 0. The van der Waals surface area contributed by atoms with Crippen molar-refractivity contribution >= 4 is 0 Å². The van der Waals surface area contributed by atoms with Gasteiger partial charge in [-0.15, -0.1) is 0 Å². The van der Waals surface area contributed by atoms with Gasteiger partial charge in [-0.1, -0.05) is 13.8 Å². The summed E-state index contributed by atoms with van der Waals surface area (Å²) in [5.74, 6) is 0.238. The molecule has 0 aliphatic carbocycles. The molecule has 2 nitrogen and oxygen atoms in total. The van der Waals surface area contributed by atoms with E-state index in [1.165, 1.54) is 6.07 Å². The van der Waals surface area contributed by atoms with Crippen LogP contribution in [-0.4, -0.2) is 11.1 Å². The second kappa shape index (κ2) is 5.18. The summed E-state index contributed by atoms with van der Waals surface area (Å²) in [6.45, 7) is 3.91. The molecule has 0 bridgehead atoms. The largest absolute Gasteiger partial charge is 0.474 e. The molecule has 0 unspecified atom stereocenters. The third-order valence-electron chi connectivity index (χ3n) is 2.26. The van der Waals surface area contributed by atoms with E-state index in [0.29, 0.717) is 0 Å². The highest BCUT2D eigenvalue weighted by Gasteiger charge is 2.30. The van der Waals surface area contributed by atoms with E-state index in [1.54, 1.807) is 0 Å². The molecular formula is C11H14F3NO. The Labute approximate surface area is 92.5 Å². The Balaban J connectivity index is 2.72. The van der Waals surface area contributed by atoms with Crippen molar-refractivity contribution < 1.29 is 17.9 Å². The van der Waals surface area contributed by atoms with Crippen LogP contribution in [0.3, 0.4) is 0 Å². The van der Waals surface area contributed by atoms with E-state index in [0.717, 1.165) is 25.1 Å². The summed E-state index contributed by atoms with van der Waals surface area (Å²) in [5, 5.41) is 0. The fourth-order valence-corrected chi connectivity index (χ4v) is 1.24. The smallest absolute Gasteiger partial charge is 0.417 e. The van der Waals surface area contributed by atoms with Crippen molar-refractivity contribution in [1.82, 2.24) is 4.98 Å². The highest BCUT2D eigenvalue weighted by Crippen LogP contribution is 2.29. The molecule has 0 atom stereocenters. The van der Waals surface area contributed by atoms with Crippen LogP contribution >= 0.6 is 0 Å². The number of nitrogens with zero attached hydrogens (tertiary/aromatic N) is 1. The third-order valence-corrected chi connectivity index (χ3v) is 2.26. The van der Waals surface area contributed by atoms with Crippen LogP contribution < -0.4 is 4.74 Å². The van der Waals surface area contributed by atoms with Gasteiger partial charge in [-0.3, -0.25) is 0 Å². The van der Waals surface area contributed by atoms with E-state index < -0.39 is 11.7 Å². The number of alkyl halides is 3. The van der Waals surface area contributed by atoms with Gasteiger partial charge in [0, 0.05) is 12.3 Å². The van der Waals surface area contributed by atoms with Crippen LogP contribution in [-0.2, 0) is 6.18 Å². The van der Waals surface area contributed by atoms with Gasteiger partial charge in [0.25, 0.3) is 0 Å². The van der Waals surface area contributed by atoms with Gasteiger partial charge in [-0.25, -0.2) is 4.98 Å². The Morgan fingerprint density at radius 2 is 1.88 bits per heavy atom. The van der Waals surface area contributed by atoms with Crippen LogP contribution in [0.25, 0.3) is 0 Å². The number of halogens is 3. The van der Waals surface area contributed by atoms with Crippen LogP contribution in [0.15, 0.2) is 18.3 Å². The lowest BCUT2D eigenvalue weighted by atomic mass is 10.2. The number of rotatable bonds is 4. The van der Waals surface area contributed by atoms with E-state index in [2.05, 4.69) is 4.98 Å². The molecule has 1 aromatic heterocycles. The molecule has 0 spiro atoms. The van der Waals surface area contributed by atoms with E-state index >= 15 is 0 Å². The average Bonchev–Trinajstić information content (AvgIpc) is 2.25. The maximum atomic E-state index is 12.2. The van der Waals surface area contributed by atoms with Crippen LogP contribution in [0.2, 0.25) is 0 Å². The minimum absolute atomic E-state index is 0.00392. The second-order valence-corrected chi connectivity index (χ2v) is 3.44. The highest BCUT2D eigenvalue weighted by molar-refractivity contribution is 5.20. The topological polar surface area (TPSA) is 22.1 Å². The lowest BCUT2D eigenvalue weighted by molar-refractivity contribution is -0.137. The molecule has 0 saturated carbocycles. The Bertz CT molecular complexity index is 317. The SMILES string of the molecule is CCC(CC)Oc1ccc(C(F)(F)F)cn1. The zero-order valence-corrected chi connectivity index (χ0v) is 9.21. The maximum absolute atomic E-state index is 12.2. The lowest BCUT2D eigenvalue weighted by Crippen LogP contribution is -2.14. The van der Waals surface area contributed by atoms with Crippen molar-refractivity contribution in [3.8, 4) is 5.88 Å². The number of hydrogen-bond acceptors (Lipinski definition) is 2. The summed E-state index contributed by atoms with van der Waals surface area (Å²) in [5.41, 5.74) is -0.760. The van der Waals surface area contributed by atoms with Gasteiger partial charge in [0.05, 0.1) is 11.7 Å². The van der Waals surface area contributed by atoms with Crippen molar-refractivity contribution in [3.05, 3.63) is 23.9 Å². The van der Waals surface area contributed by atoms with Crippen molar-refractivity contribution in [2.24, 2.45) is 0 Å². The molecule has 1 heterocycles. The van der Waals surface area contributed by atoms with Gasteiger partial charge in [0.15, 0.2) is 0 Å². The lowest BCUT2D eigenvalue weighted by Gasteiger charge is -2.15.